The van der Waals surface area contributed by atoms with Crippen molar-refractivity contribution in [2.24, 2.45) is 11.3 Å². The van der Waals surface area contributed by atoms with Gasteiger partial charge in [-0.2, -0.15) is 0 Å². The first-order valence-corrected chi connectivity index (χ1v) is 14.6. The molecule has 3 rings (SSSR count). The van der Waals surface area contributed by atoms with Crippen LogP contribution in [0.5, 0.6) is 0 Å². The van der Waals surface area contributed by atoms with Gasteiger partial charge in [-0.25, -0.2) is 14.6 Å². The highest BCUT2D eigenvalue weighted by atomic mass is 17.2. The minimum atomic E-state index is -0.861. The summed E-state index contributed by atoms with van der Waals surface area (Å²) < 4.78 is 4.92. The molecule has 216 valence electrons. The molecule has 1 amide bonds. The first-order valence-electron chi connectivity index (χ1n) is 14.6. The predicted octanol–water partition coefficient (Wildman–Crippen LogP) is 7.56. The second-order valence-electron chi connectivity index (χ2n) is 12.5. The molecule has 0 aromatic heterocycles. The summed E-state index contributed by atoms with van der Waals surface area (Å²) in [7, 11) is 1.32. The van der Waals surface area contributed by atoms with Gasteiger partial charge >= 0.3 is 5.97 Å². The van der Waals surface area contributed by atoms with Crippen LogP contribution < -0.4 is 5.32 Å². The lowest BCUT2D eigenvalue weighted by atomic mass is 9.71. The second kappa shape index (κ2) is 13.8. The number of benzene rings is 1. The molecule has 0 bridgehead atoms. The zero-order valence-electron chi connectivity index (χ0n) is 25.1. The van der Waals surface area contributed by atoms with Crippen molar-refractivity contribution >= 4 is 11.9 Å². The van der Waals surface area contributed by atoms with Crippen LogP contribution in [0, 0.1) is 11.3 Å². The van der Waals surface area contributed by atoms with Gasteiger partial charge in [-0.05, 0) is 89.5 Å². The summed E-state index contributed by atoms with van der Waals surface area (Å²) in [6.07, 6.45) is 11.4. The van der Waals surface area contributed by atoms with Crippen molar-refractivity contribution < 1.29 is 24.1 Å². The first kappa shape index (κ1) is 31.1. The number of hydrogen-bond acceptors (Lipinski definition) is 5. The number of hydrogen-bond donors (Lipinski definition) is 1. The first-order chi connectivity index (χ1) is 18.5. The van der Waals surface area contributed by atoms with Crippen molar-refractivity contribution in [3.8, 4) is 0 Å². The Morgan fingerprint density at radius 1 is 1.18 bits per heavy atom. The van der Waals surface area contributed by atoms with Gasteiger partial charge in [0.25, 0.3) is 0 Å². The Labute approximate surface area is 235 Å². The highest BCUT2D eigenvalue weighted by Crippen LogP contribution is 2.42. The van der Waals surface area contributed by atoms with Crippen LogP contribution in [0.3, 0.4) is 0 Å². The maximum Gasteiger partial charge on any atom is 0.333 e. The summed E-state index contributed by atoms with van der Waals surface area (Å²) in [6.45, 7) is 13.2. The van der Waals surface area contributed by atoms with Crippen molar-refractivity contribution in [1.29, 1.82) is 0 Å². The van der Waals surface area contributed by atoms with E-state index in [-0.39, 0.29) is 17.6 Å². The molecule has 1 fully saturated rings. The molecular formula is C33H49NO5. The van der Waals surface area contributed by atoms with Crippen LogP contribution in [0.2, 0.25) is 0 Å². The van der Waals surface area contributed by atoms with Crippen molar-refractivity contribution in [2.75, 3.05) is 7.11 Å². The standard InChI is InChI=1S/C33H49NO5/c1-23(17-18-27-24(2)14-12-20-32(27,4)5)13-11-21-33(6)22-19-28(38-39-33)25(3)30(35)34-29(31(36)37-7)26-15-9-8-10-16-26/h8-10,13,15-16,25,28-29H,11-12,14,17-22H2,1-7H3,(H,34,35)/b23-13+/t25-,28+,29+,33-/m1/s1. The van der Waals surface area contributed by atoms with Gasteiger partial charge in [0.05, 0.1) is 13.0 Å². The largest absolute Gasteiger partial charge is 0.467 e. The molecule has 4 atom stereocenters. The fourth-order valence-electron chi connectivity index (χ4n) is 5.97. The zero-order chi connectivity index (χ0) is 28.6. The Kier molecular flexibility index (Phi) is 11.0. The van der Waals surface area contributed by atoms with Crippen LogP contribution in [0.4, 0.5) is 0 Å². The van der Waals surface area contributed by atoms with Gasteiger partial charge in [0.2, 0.25) is 5.91 Å². The molecule has 2 aliphatic rings. The van der Waals surface area contributed by atoms with Gasteiger partial charge in [-0.1, -0.05) is 73.9 Å². The molecule has 1 aromatic rings. The van der Waals surface area contributed by atoms with Gasteiger partial charge < -0.3 is 10.1 Å². The Hall–Kier alpha value is -2.44. The molecule has 1 saturated heterocycles. The molecule has 39 heavy (non-hydrogen) atoms. The summed E-state index contributed by atoms with van der Waals surface area (Å²) >= 11 is 0. The lowest BCUT2D eigenvalue weighted by molar-refractivity contribution is -0.410. The van der Waals surface area contributed by atoms with Crippen LogP contribution in [0.15, 0.2) is 53.1 Å². The van der Waals surface area contributed by atoms with Crippen LogP contribution in [-0.4, -0.2) is 30.7 Å². The molecule has 0 unspecified atom stereocenters. The maximum atomic E-state index is 13.0. The summed E-state index contributed by atoms with van der Waals surface area (Å²) in [4.78, 5) is 37.0. The van der Waals surface area contributed by atoms with Gasteiger partial charge in [-0.3, -0.25) is 4.79 Å². The van der Waals surface area contributed by atoms with Crippen molar-refractivity contribution in [3.63, 3.8) is 0 Å². The highest BCUT2D eigenvalue weighted by Gasteiger charge is 2.38. The number of allylic oxidation sites excluding steroid dienone is 4. The van der Waals surface area contributed by atoms with Gasteiger partial charge in [0.15, 0.2) is 6.04 Å². The topological polar surface area (TPSA) is 73.9 Å². The van der Waals surface area contributed by atoms with Gasteiger partial charge in [-0.15, -0.1) is 0 Å². The normalized spacial score (nSPS) is 25.1. The minimum absolute atomic E-state index is 0.267. The maximum absolute atomic E-state index is 13.0. The average molecular weight is 540 g/mol. The molecule has 1 aliphatic heterocycles. The minimum Gasteiger partial charge on any atom is -0.467 e. The van der Waals surface area contributed by atoms with Gasteiger partial charge in [0.1, 0.15) is 11.7 Å². The summed E-state index contributed by atoms with van der Waals surface area (Å²) in [5, 5.41) is 2.83. The molecule has 0 radical (unpaired) electrons. The number of nitrogens with one attached hydrogen (secondary N) is 1. The fourth-order valence-corrected chi connectivity index (χ4v) is 5.97. The highest BCUT2D eigenvalue weighted by molar-refractivity contribution is 5.86. The van der Waals surface area contributed by atoms with E-state index < -0.39 is 17.9 Å². The van der Waals surface area contributed by atoms with Crippen LogP contribution in [0.25, 0.3) is 0 Å². The molecule has 0 saturated carbocycles. The van der Waals surface area contributed by atoms with E-state index in [1.807, 2.05) is 25.1 Å². The SMILES string of the molecule is COC(=O)[C@@H](NC(=O)[C@H](C)[C@@H]1CC[C@@](C)(CC/C=C(\C)CCC2=C(C)CCCC2(C)C)OO1)c1ccccc1. The summed E-state index contributed by atoms with van der Waals surface area (Å²) in [5.74, 6) is -1.25. The molecule has 1 N–H and O–H groups in total. The molecule has 6 nitrogen and oxygen atoms in total. The van der Waals surface area contributed by atoms with E-state index in [2.05, 4.69) is 46.0 Å². The van der Waals surface area contributed by atoms with Crippen molar-refractivity contribution in [1.82, 2.24) is 5.32 Å². The number of ether oxygens (including phenoxy) is 1. The van der Waals surface area contributed by atoms with E-state index in [0.717, 1.165) is 32.1 Å². The summed E-state index contributed by atoms with van der Waals surface area (Å²) in [5.41, 5.74) is 5.30. The predicted molar refractivity (Wildman–Crippen MR) is 155 cm³/mol. The van der Waals surface area contributed by atoms with E-state index in [1.54, 1.807) is 23.3 Å². The smallest absolute Gasteiger partial charge is 0.333 e. The Bertz CT molecular complexity index is 1030. The fraction of sp³-hybridized carbons (Fsp3) is 0.636. The number of carbonyl (C=O) groups is 2. The monoisotopic (exact) mass is 539 g/mol. The zero-order valence-corrected chi connectivity index (χ0v) is 25.1. The third-order valence-corrected chi connectivity index (χ3v) is 8.78. The molecule has 6 heteroatoms. The second-order valence-corrected chi connectivity index (χ2v) is 12.5. The Morgan fingerprint density at radius 3 is 2.51 bits per heavy atom. The van der Waals surface area contributed by atoms with E-state index in [1.165, 1.54) is 31.9 Å². The molecule has 1 aromatic carbocycles. The average Bonchev–Trinajstić information content (AvgIpc) is 2.91. The Balaban J connectivity index is 1.47. The molecular weight excluding hydrogens is 490 g/mol. The van der Waals surface area contributed by atoms with Crippen molar-refractivity contribution in [2.45, 2.75) is 117 Å². The lowest BCUT2D eigenvalue weighted by Crippen LogP contribution is -2.45. The van der Waals surface area contributed by atoms with E-state index in [4.69, 9.17) is 14.5 Å². The van der Waals surface area contributed by atoms with Crippen LogP contribution >= 0.6 is 0 Å². The van der Waals surface area contributed by atoms with E-state index in [9.17, 15) is 9.59 Å². The molecule has 1 heterocycles. The van der Waals surface area contributed by atoms with Crippen LogP contribution in [-0.2, 0) is 24.1 Å². The number of esters is 1. The third kappa shape index (κ3) is 8.52. The van der Waals surface area contributed by atoms with Crippen LogP contribution in [0.1, 0.15) is 111 Å². The Morgan fingerprint density at radius 2 is 1.90 bits per heavy atom. The number of carbonyl (C=O) groups excluding carboxylic acids is 2. The molecule has 1 aliphatic carbocycles. The lowest BCUT2D eigenvalue weighted by Gasteiger charge is -2.37. The molecule has 0 spiro atoms. The van der Waals surface area contributed by atoms with Crippen molar-refractivity contribution in [3.05, 3.63) is 58.7 Å². The third-order valence-electron chi connectivity index (χ3n) is 8.78. The number of amides is 1. The van der Waals surface area contributed by atoms with E-state index in [0.29, 0.717) is 17.4 Å². The van der Waals surface area contributed by atoms with E-state index >= 15 is 0 Å². The number of rotatable bonds is 11. The van der Waals surface area contributed by atoms with Gasteiger partial charge in [0, 0.05) is 0 Å². The quantitative estimate of drug-likeness (QED) is 0.178. The summed E-state index contributed by atoms with van der Waals surface area (Å²) in [6, 6.07) is 8.24. The number of methoxy groups -OCH3 is 1.